The number of amides is 2. The molecule has 29 heavy (non-hydrogen) atoms. The summed E-state index contributed by atoms with van der Waals surface area (Å²) in [7, 11) is 2.24. The van der Waals surface area contributed by atoms with Crippen LogP contribution in [0.3, 0.4) is 0 Å². The van der Waals surface area contributed by atoms with Gasteiger partial charge < -0.3 is 5.73 Å². The fraction of sp³-hybridized carbons (Fsp3) is 0.348. The van der Waals surface area contributed by atoms with Crippen LogP contribution in [0, 0.1) is 0 Å². The first-order valence-electron chi connectivity index (χ1n) is 10.1. The Bertz CT molecular complexity index is 933. The van der Waals surface area contributed by atoms with Crippen molar-refractivity contribution in [2.75, 3.05) is 7.05 Å². The van der Waals surface area contributed by atoms with Gasteiger partial charge in [-0.15, -0.1) is 12.4 Å². The molecule has 0 aromatic heterocycles. The van der Waals surface area contributed by atoms with Crippen LogP contribution in [-0.2, 0) is 0 Å². The Balaban J connectivity index is 0.00000205. The van der Waals surface area contributed by atoms with E-state index in [-0.39, 0.29) is 18.4 Å². The number of quaternary nitrogens is 1. The number of nitrogens with one attached hydrogen (secondary N) is 1. The molecular weight excluding hydrogens is 384 g/mol. The number of fused-ring (bicyclic) bond motifs is 3. The summed E-state index contributed by atoms with van der Waals surface area (Å²) in [4.78, 5) is 14.7. The van der Waals surface area contributed by atoms with Crippen molar-refractivity contribution in [3.63, 3.8) is 0 Å². The molecule has 0 aliphatic carbocycles. The average Bonchev–Trinajstić information content (AvgIpc) is 3.11. The van der Waals surface area contributed by atoms with E-state index < -0.39 is 6.03 Å². The Hall–Kier alpha value is -2.34. The molecule has 2 fully saturated rings. The lowest BCUT2D eigenvalue weighted by atomic mass is 9.95. The summed E-state index contributed by atoms with van der Waals surface area (Å²) >= 11 is 0. The second-order valence-electron chi connectivity index (χ2n) is 8.35. The van der Waals surface area contributed by atoms with E-state index in [1.807, 2.05) is 6.07 Å². The van der Waals surface area contributed by atoms with Gasteiger partial charge >= 0.3 is 6.03 Å². The van der Waals surface area contributed by atoms with Crippen molar-refractivity contribution in [1.29, 1.82) is 0 Å². The second-order valence-corrected chi connectivity index (χ2v) is 8.35. The van der Waals surface area contributed by atoms with E-state index in [4.69, 9.17) is 5.73 Å². The van der Waals surface area contributed by atoms with Crippen LogP contribution < -0.4 is 15.8 Å². The molecular formula is C23H28ClN4O+. The fourth-order valence-electron chi connectivity index (χ4n) is 5.60. The minimum Gasteiger partial charge on any atom is -0.348 e. The SMILES string of the molecule is CN1C2CCC1CC([N+]1(NC(N)=O)C=C(c3ccccc3)c3ccccc31)C2.Cl. The Morgan fingerprint density at radius 2 is 1.66 bits per heavy atom. The van der Waals surface area contributed by atoms with E-state index in [0.717, 1.165) is 29.7 Å². The maximum absolute atomic E-state index is 12.2. The quantitative estimate of drug-likeness (QED) is 0.749. The van der Waals surface area contributed by atoms with Gasteiger partial charge in [0, 0.05) is 31.0 Å². The van der Waals surface area contributed by atoms with Gasteiger partial charge in [-0.2, -0.15) is 10.0 Å². The fourth-order valence-corrected chi connectivity index (χ4v) is 5.60. The molecule has 2 bridgehead atoms. The minimum atomic E-state index is -0.480. The third-order valence-electron chi connectivity index (χ3n) is 6.95. The summed E-state index contributed by atoms with van der Waals surface area (Å²) in [5.41, 5.74) is 13.5. The number of rotatable bonds is 3. The van der Waals surface area contributed by atoms with Crippen LogP contribution >= 0.6 is 12.4 Å². The van der Waals surface area contributed by atoms with E-state index in [2.05, 4.69) is 72.1 Å². The zero-order chi connectivity index (χ0) is 19.3. The van der Waals surface area contributed by atoms with Crippen LogP contribution in [0.5, 0.6) is 0 Å². The standard InChI is InChI=1S/C23H26N4O.ClH/c1-26-17-11-12-18(26)14-19(13-17)27(25-23(24)28)15-21(16-7-3-2-4-8-16)20-9-5-6-10-22(20)27;/h2-10,15,17-19H,11-14H2,1H3,(H2-,24,25,28);1H/p+1. The van der Waals surface area contributed by atoms with Gasteiger partial charge in [0.2, 0.25) is 0 Å². The number of para-hydroxylation sites is 1. The molecule has 0 spiro atoms. The van der Waals surface area contributed by atoms with Crippen LogP contribution in [0.1, 0.15) is 36.8 Å². The number of hydrogen-bond donors (Lipinski definition) is 2. The summed E-state index contributed by atoms with van der Waals surface area (Å²) in [6, 6.07) is 19.8. The first-order valence-corrected chi connectivity index (χ1v) is 10.1. The zero-order valence-corrected chi connectivity index (χ0v) is 17.4. The minimum absolute atomic E-state index is 0. The van der Waals surface area contributed by atoms with Gasteiger partial charge in [0.15, 0.2) is 5.69 Å². The molecule has 3 aliphatic heterocycles. The van der Waals surface area contributed by atoms with E-state index in [1.54, 1.807) is 0 Å². The number of urea groups is 1. The third-order valence-corrected chi connectivity index (χ3v) is 6.95. The van der Waals surface area contributed by atoms with Crippen molar-refractivity contribution in [2.24, 2.45) is 5.73 Å². The molecule has 2 aromatic carbocycles. The smallest absolute Gasteiger partial charge is 0.348 e. The molecule has 152 valence electrons. The highest BCUT2D eigenvalue weighted by Gasteiger charge is 2.52. The van der Waals surface area contributed by atoms with Crippen molar-refractivity contribution in [3.05, 3.63) is 71.9 Å². The normalized spacial score (nSPS) is 30.2. The number of halogens is 1. The molecule has 2 amide bonds. The van der Waals surface area contributed by atoms with Crippen LogP contribution in [0.2, 0.25) is 0 Å². The second kappa shape index (κ2) is 7.48. The van der Waals surface area contributed by atoms with Crippen LogP contribution in [0.4, 0.5) is 10.5 Å². The van der Waals surface area contributed by atoms with E-state index >= 15 is 0 Å². The van der Waals surface area contributed by atoms with Crippen molar-refractivity contribution in [3.8, 4) is 0 Å². The van der Waals surface area contributed by atoms with Crippen molar-refractivity contribution in [2.45, 2.75) is 43.8 Å². The summed E-state index contributed by atoms with van der Waals surface area (Å²) in [6.45, 7) is 0. The third kappa shape index (κ3) is 3.14. The lowest BCUT2D eigenvalue weighted by Crippen LogP contribution is -2.67. The summed E-state index contributed by atoms with van der Waals surface area (Å²) in [5.74, 6) is 0. The molecule has 3 atom stereocenters. The maximum Gasteiger partial charge on any atom is 0.357 e. The molecule has 0 radical (unpaired) electrons. The highest BCUT2D eigenvalue weighted by Crippen LogP contribution is 2.48. The van der Waals surface area contributed by atoms with Gasteiger partial charge in [-0.3, -0.25) is 4.90 Å². The molecule has 0 saturated carbocycles. The molecule has 6 heteroatoms. The van der Waals surface area contributed by atoms with Crippen molar-refractivity contribution >= 4 is 29.7 Å². The Kier molecular flexibility index (Phi) is 5.15. The molecule has 3 N–H and O–H groups in total. The molecule has 5 rings (SSSR count). The number of hydrogen-bond acceptors (Lipinski definition) is 2. The monoisotopic (exact) mass is 411 g/mol. The first kappa shape index (κ1) is 20.0. The molecule has 3 heterocycles. The van der Waals surface area contributed by atoms with Crippen LogP contribution in [0.25, 0.3) is 5.57 Å². The molecule has 5 nitrogen and oxygen atoms in total. The number of carbonyl (C=O) groups excluding carboxylic acids is 1. The van der Waals surface area contributed by atoms with Gasteiger partial charge in [0.1, 0.15) is 12.2 Å². The molecule has 3 aliphatic rings. The van der Waals surface area contributed by atoms with Crippen LogP contribution in [0.15, 0.2) is 60.8 Å². The summed E-state index contributed by atoms with van der Waals surface area (Å²) in [6.07, 6.45) is 6.82. The molecule has 2 aromatic rings. The van der Waals surface area contributed by atoms with Gasteiger partial charge in [-0.25, -0.2) is 4.79 Å². The van der Waals surface area contributed by atoms with Crippen molar-refractivity contribution in [1.82, 2.24) is 14.9 Å². The van der Waals surface area contributed by atoms with E-state index in [9.17, 15) is 4.79 Å². The summed E-state index contributed by atoms with van der Waals surface area (Å²) in [5, 5.41) is 0. The largest absolute Gasteiger partial charge is 0.357 e. The first-order chi connectivity index (χ1) is 13.6. The number of piperidine rings is 1. The Morgan fingerprint density at radius 1 is 1.03 bits per heavy atom. The lowest BCUT2D eigenvalue weighted by molar-refractivity contribution is 0.0865. The Labute approximate surface area is 178 Å². The Morgan fingerprint density at radius 3 is 2.31 bits per heavy atom. The number of nitrogens with zero attached hydrogens (tertiary/aromatic N) is 2. The van der Waals surface area contributed by atoms with Gasteiger partial charge in [0.25, 0.3) is 0 Å². The summed E-state index contributed by atoms with van der Waals surface area (Å²) < 4.78 is 0.330. The molecule has 2 saturated heterocycles. The number of nitrogens with two attached hydrogens (primary N) is 1. The van der Waals surface area contributed by atoms with Crippen LogP contribution in [-0.4, -0.2) is 36.1 Å². The maximum atomic E-state index is 12.2. The number of primary amides is 1. The van der Waals surface area contributed by atoms with Gasteiger partial charge in [-0.1, -0.05) is 42.5 Å². The highest BCUT2D eigenvalue weighted by molar-refractivity contribution is 5.92. The predicted molar refractivity (Wildman–Crippen MR) is 119 cm³/mol. The average molecular weight is 412 g/mol. The number of carbonyl (C=O) groups is 1. The number of benzene rings is 2. The van der Waals surface area contributed by atoms with Crippen molar-refractivity contribution < 1.29 is 4.79 Å². The highest BCUT2D eigenvalue weighted by atomic mass is 35.5. The van der Waals surface area contributed by atoms with E-state index in [0.29, 0.717) is 16.7 Å². The molecule has 3 unspecified atom stereocenters. The topological polar surface area (TPSA) is 58.4 Å². The van der Waals surface area contributed by atoms with E-state index in [1.165, 1.54) is 18.4 Å². The van der Waals surface area contributed by atoms with Gasteiger partial charge in [-0.05, 0) is 31.5 Å². The predicted octanol–water partition coefficient (Wildman–Crippen LogP) is 4.03. The van der Waals surface area contributed by atoms with Gasteiger partial charge in [0.05, 0.1) is 11.1 Å². The lowest BCUT2D eigenvalue weighted by Gasteiger charge is -2.44. The zero-order valence-electron chi connectivity index (χ0n) is 16.6.